The Hall–Kier alpha value is -1.55. The van der Waals surface area contributed by atoms with E-state index in [2.05, 4.69) is 11.9 Å². The topological polar surface area (TPSA) is 49.6 Å². The molecule has 1 aliphatic heterocycles. The lowest BCUT2D eigenvalue weighted by Gasteiger charge is -2.32. The molecule has 0 bridgehead atoms. The average Bonchev–Trinajstić information content (AvgIpc) is 2.33. The van der Waals surface area contributed by atoms with E-state index < -0.39 is 0 Å². The summed E-state index contributed by atoms with van der Waals surface area (Å²) in [5.41, 5.74) is 8.22. The van der Waals surface area contributed by atoms with Gasteiger partial charge in [0.25, 0.3) is 5.91 Å². The Morgan fingerprint density at radius 2 is 1.88 bits per heavy atom. The Morgan fingerprint density at radius 3 is 2.47 bits per heavy atom. The minimum Gasteiger partial charge on any atom is -0.398 e. The molecule has 1 amide bonds. The molecule has 1 aromatic carbocycles. The fraction of sp³-hybridized carbons (Fsp3) is 0.462. The van der Waals surface area contributed by atoms with Gasteiger partial charge in [0, 0.05) is 37.4 Å². The van der Waals surface area contributed by atoms with Gasteiger partial charge >= 0.3 is 0 Å². The van der Waals surface area contributed by atoms with Gasteiger partial charge in [-0.25, -0.2) is 0 Å². The van der Waals surface area contributed by atoms with Gasteiger partial charge in [0.05, 0.1) is 0 Å². The summed E-state index contributed by atoms with van der Waals surface area (Å²) in [5, 5.41) is 0. The Morgan fingerprint density at radius 1 is 1.24 bits per heavy atom. The van der Waals surface area contributed by atoms with E-state index in [9.17, 15) is 4.79 Å². The normalized spacial score (nSPS) is 17.2. The number of aryl methyl sites for hydroxylation is 1. The molecule has 4 heteroatoms. The van der Waals surface area contributed by atoms with E-state index in [4.69, 9.17) is 5.73 Å². The third-order valence-corrected chi connectivity index (χ3v) is 3.32. The quantitative estimate of drug-likeness (QED) is 0.735. The van der Waals surface area contributed by atoms with Crippen molar-refractivity contribution in [1.29, 1.82) is 0 Å². The maximum atomic E-state index is 12.2. The number of carbonyl (C=O) groups is 1. The number of hydrogen-bond acceptors (Lipinski definition) is 3. The SMILES string of the molecule is Cc1ccc(C(=O)N2CCN(C)CC2)cc1N. The van der Waals surface area contributed by atoms with Crippen molar-refractivity contribution in [3.05, 3.63) is 29.3 Å². The molecule has 0 spiro atoms. The summed E-state index contributed by atoms with van der Waals surface area (Å²) >= 11 is 0. The van der Waals surface area contributed by atoms with Gasteiger partial charge in [0.15, 0.2) is 0 Å². The number of carbonyl (C=O) groups excluding carboxylic acids is 1. The number of nitrogen functional groups attached to an aromatic ring is 1. The van der Waals surface area contributed by atoms with E-state index >= 15 is 0 Å². The van der Waals surface area contributed by atoms with Gasteiger partial charge in [-0.2, -0.15) is 0 Å². The van der Waals surface area contributed by atoms with Crippen LogP contribution in [0.1, 0.15) is 15.9 Å². The Labute approximate surface area is 102 Å². The summed E-state index contributed by atoms with van der Waals surface area (Å²) in [6, 6.07) is 5.53. The summed E-state index contributed by atoms with van der Waals surface area (Å²) in [5.74, 6) is 0.0878. The number of anilines is 1. The zero-order chi connectivity index (χ0) is 12.4. The highest BCUT2D eigenvalue weighted by molar-refractivity contribution is 5.95. The van der Waals surface area contributed by atoms with Gasteiger partial charge in [0.2, 0.25) is 0 Å². The average molecular weight is 233 g/mol. The highest BCUT2D eigenvalue weighted by Gasteiger charge is 2.20. The van der Waals surface area contributed by atoms with Crippen LogP contribution in [0.5, 0.6) is 0 Å². The van der Waals surface area contributed by atoms with E-state index in [-0.39, 0.29) is 5.91 Å². The predicted octanol–water partition coefficient (Wildman–Crippen LogP) is 0.965. The Bertz CT molecular complexity index is 423. The van der Waals surface area contributed by atoms with Crippen LogP contribution in [0.3, 0.4) is 0 Å². The fourth-order valence-corrected chi connectivity index (χ4v) is 1.97. The molecule has 0 atom stereocenters. The lowest BCUT2D eigenvalue weighted by Crippen LogP contribution is -2.47. The molecule has 1 saturated heterocycles. The van der Waals surface area contributed by atoms with Crippen LogP contribution in [0.25, 0.3) is 0 Å². The predicted molar refractivity (Wildman–Crippen MR) is 69.0 cm³/mol. The molecular weight excluding hydrogens is 214 g/mol. The molecular formula is C13H19N3O. The van der Waals surface area contributed by atoms with E-state index in [0.717, 1.165) is 31.7 Å². The first kappa shape index (κ1) is 11.9. The summed E-state index contributed by atoms with van der Waals surface area (Å²) in [4.78, 5) is 16.3. The summed E-state index contributed by atoms with van der Waals surface area (Å²) in [7, 11) is 2.08. The maximum Gasteiger partial charge on any atom is 0.254 e. The van der Waals surface area contributed by atoms with Gasteiger partial charge in [-0.3, -0.25) is 4.79 Å². The largest absolute Gasteiger partial charge is 0.398 e. The van der Waals surface area contributed by atoms with Crippen LogP contribution in [0, 0.1) is 6.92 Å². The van der Waals surface area contributed by atoms with Crippen LogP contribution in [-0.4, -0.2) is 48.9 Å². The molecule has 2 N–H and O–H groups in total. The minimum absolute atomic E-state index is 0.0878. The molecule has 0 unspecified atom stereocenters. The second kappa shape index (κ2) is 4.75. The van der Waals surface area contributed by atoms with Crippen molar-refractivity contribution < 1.29 is 4.79 Å². The number of likely N-dealkylation sites (N-methyl/N-ethyl adjacent to an activating group) is 1. The van der Waals surface area contributed by atoms with Gasteiger partial charge in [-0.15, -0.1) is 0 Å². The number of benzene rings is 1. The Balaban J connectivity index is 2.11. The summed E-state index contributed by atoms with van der Waals surface area (Å²) in [6.45, 7) is 5.41. The monoisotopic (exact) mass is 233 g/mol. The first-order valence-corrected chi connectivity index (χ1v) is 5.92. The Kier molecular flexibility index (Phi) is 3.33. The van der Waals surface area contributed by atoms with Crippen LogP contribution < -0.4 is 5.73 Å². The molecule has 1 heterocycles. The molecule has 17 heavy (non-hydrogen) atoms. The lowest BCUT2D eigenvalue weighted by molar-refractivity contribution is 0.0664. The van der Waals surface area contributed by atoms with E-state index in [0.29, 0.717) is 11.3 Å². The number of amides is 1. The van der Waals surface area contributed by atoms with Crippen molar-refractivity contribution in [1.82, 2.24) is 9.80 Å². The van der Waals surface area contributed by atoms with E-state index in [1.54, 1.807) is 6.07 Å². The number of nitrogens with zero attached hydrogens (tertiary/aromatic N) is 2. The van der Waals surface area contributed by atoms with Crippen LogP contribution in [0.2, 0.25) is 0 Å². The molecule has 1 aliphatic rings. The number of nitrogens with two attached hydrogens (primary N) is 1. The smallest absolute Gasteiger partial charge is 0.254 e. The van der Waals surface area contributed by atoms with Crippen LogP contribution in [0.4, 0.5) is 5.69 Å². The standard InChI is InChI=1S/C13H19N3O/c1-10-3-4-11(9-12(10)14)13(17)16-7-5-15(2)6-8-16/h3-4,9H,5-8,14H2,1-2H3. The van der Waals surface area contributed by atoms with Crippen LogP contribution >= 0.6 is 0 Å². The molecule has 0 saturated carbocycles. The maximum absolute atomic E-state index is 12.2. The third-order valence-electron chi connectivity index (χ3n) is 3.32. The second-order valence-electron chi connectivity index (χ2n) is 4.67. The van der Waals surface area contributed by atoms with Gasteiger partial charge in [0.1, 0.15) is 0 Å². The molecule has 1 fully saturated rings. The number of rotatable bonds is 1. The van der Waals surface area contributed by atoms with Gasteiger partial charge in [-0.05, 0) is 31.7 Å². The van der Waals surface area contributed by atoms with Crippen molar-refractivity contribution in [3.63, 3.8) is 0 Å². The van der Waals surface area contributed by atoms with E-state index in [1.807, 2.05) is 24.0 Å². The van der Waals surface area contributed by atoms with Crippen molar-refractivity contribution >= 4 is 11.6 Å². The van der Waals surface area contributed by atoms with Gasteiger partial charge in [-0.1, -0.05) is 6.07 Å². The van der Waals surface area contributed by atoms with E-state index in [1.165, 1.54) is 0 Å². The van der Waals surface area contributed by atoms with Crippen LogP contribution in [-0.2, 0) is 0 Å². The fourth-order valence-electron chi connectivity index (χ4n) is 1.97. The number of piperazine rings is 1. The molecule has 2 rings (SSSR count). The number of hydrogen-bond donors (Lipinski definition) is 1. The van der Waals surface area contributed by atoms with Crippen molar-refractivity contribution in [2.45, 2.75) is 6.92 Å². The lowest BCUT2D eigenvalue weighted by atomic mass is 10.1. The second-order valence-corrected chi connectivity index (χ2v) is 4.67. The summed E-state index contributed by atoms with van der Waals surface area (Å²) < 4.78 is 0. The molecule has 0 aliphatic carbocycles. The molecule has 1 aromatic rings. The zero-order valence-corrected chi connectivity index (χ0v) is 10.4. The van der Waals surface area contributed by atoms with Crippen molar-refractivity contribution in [3.8, 4) is 0 Å². The first-order valence-electron chi connectivity index (χ1n) is 5.92. The first-order chi connectivity index (χ1) is 8.08. The van der Waals surface area contributed by atoms with Crippen LogP contribution in [0.15, 0.2) is 18.2 Å². The summed E-state index contributed by atoms with van der Waals surface area (Å²) in [6.07, 6.45) is 0. The van der Waals surface area contributed by atoms with Gasteiger partial charge < -0.3 is 15.5 Å². The zero-order valence-electron chi connectivity index (χ0n) is 10.4. The molecule has 4 nitrogen and oxygen atoms in total. The highest BCUT2D eigenvalue weighted by Crippen LogP contribution is 2.15. The van der Waals surface area contributed by atoms with Crippen molar-refractivity contribution in [2.75, 3.05) is 39.0 Å². The molecule has 0 aromatic heterocycles. The highest BCUT2D eigenvalue weighted by atomic mass is 16.2. The van der Waals surface area contributed by atoms with Crippen molar-refractivity contribution in [2.24, 2.45) is 0 Å². The minimum atomic E-state index is 0.0878. The molecule has 92 valence electrons. The third kappa shape index (κ3) is 2.58. The molecule has 0 radical (unpaired) electrons.